The number of rotatable bonds is 7. The normalized spacial score (nSPS) is 11.9. The van der Waals surface area contributed by atoms with E-state index in [1.807, 2.05) is 56.4 Å². The molecule has 1 atom stereocenters. The van der Waals surface area contributed by atoms with Gasteiger partial charge in [0.25, 0.3) is 5.91 Å². The average Bonchev–Trinajstić information content (AvgIpc) is 3.39. The second-order valence-electron chi connectivity index (χ2n) is 8.49. The second-order valence-corrected chi connectivity index (χ2v) is 8.49. The molecule has 0 saturated carbocycles. The number of benzene rings is 3. The number of ether oxygens (including phenoxy) is 1. The number of carbonyl (C=O) groups excluding carboxylic acids is 1. The Bertz CT molecular complexity index is 1530. The van der Waals surface area contributed by atoms with Gasteiger partial charge in [0.1, 0.15) is 17.3 Å². The van der Waals surface area contributed by atoms with E-state index >= 15 is 0 Å². The largest absolute Gasteiger partial charge is 0.494 e. The molecule has 0 aliphatic rings. The third-order valence-electron chi connectivity index (χ3n) is 5.96. The van der Waals surface area contributed by atoms with E-state index in [4.69, 9.17) is 4.74 Å². The molecule has 180 valence electrons. The Kier molecular flexibility index (Phi) is 6.45. The molecule has 6 nitrogen and oxygen atoms in total. The number of amides is 1. The highest BCUT2D eigenvalue weighted by Crippen LogP contribution is 2.28. The molecule has 3 aromatic carbocycles. The van der Waals surface area contributed by atoms with Crippen molar-refractivity contribution in [1.29, 1.82) is 0 Å². The predicted molar refractivity (Wildman–Crippen MR) is 138 cm³/mol. The van der Waals surface area contributed by atoms with Crippen LogP contribution in [0.5, 0.6) is 5.75 Å². The third kappa shape index (κ3) is 4.95. The highest BCUT2D eigenvalue weighted by molar-refractivity contribution is 5.96. The predicted octanol–water partition coefficient (Wildman–Crippen LogP) is 6.32. The van der Waals surface area contributed by atoms with Crippen LogP contribution in [0.15, 0.2) is 85.2 Å². The molecule has 5 aromatic rings. The lowest BCUT2D eigenvalue weighted by atomic mass is 10.1. The van der Waals surface area contributed by atoms with Gasteiger partial charge in [-0.2, -0.15) is 0 Å². The lowest BCUT2D eigenvalue weighted by Gasteiger charge is -2.15. The van der Waals surface area contributed by atoms with Crippen LogP contribution in [0.1, 0.15) is 35.8 Å². The van der Waals surface area contributed by atoms with Crippen LogP contribution in [0, 0.1) is 5.82 Å². The van der Waals surface area contributed by atoms with E-state index in [1.165, 1.54) is 12.1 Å². The van der Waals surface area contributed by atoms with Crippen molar-refractivity contribution in [2.75, 3.05) is 6.61 Å². The summed E-state index contributed by atoms with van der Waals surface area (Å²) in [6.45, 7) is 4.21. The maximum Gasteiger partial charge on any atom is 0.251 e. The Balaban J connectivity index is 1.43. The summed E-state index contributed by atoms with van der Waals surface area (Å²) in [5, 5.41) is 5.11. The van der Waals surface area contributed by atoms with Crippen molar-refractivity contribution < 1.29 is 13.9 Å². The van der Waals surface area contributed by atoms with Gasteiger partial charge >= 0.3 is 0 Å². The van der Waals surface area contributed by atoms with Crippen molar-refractivity contribution in [2.24, 2.45) is 0 Å². The summed E-state index contributed by atoms with van der Waals surface area (Å²) in [7, 11) is 0. The van der Waals surface area contributed by atoms with Gasteiger partial charge in [0.2, 0.25) is 0 Å². The van der Waals surface area contributed by atoms with Crippen molar-refractivity contribution >= 4 is 16.7 Å². The number of imidazole rings is 1. The van der Waals surface area contributed by atoms with E-state index in [2.05, 4.69) is 20.3 Å². The lowest BCUT2D eigenvalue weighted by Crippen LogP contribution is -2.26. The zero-order valence-corrected chi connectivity index (χ0v) is 20.0. The van der Waals surface area contributed by atoms with E-state index in [0.29, 0.717) is 23.7 Å². The van der Waals surface area contributed by atoms with Crippen molar-refractivity contribution in [3.8, 4) is 28.5 Å². The molecule has 7 heteroatoms. The molecule has 0 aliphatic heterocycles. The van der Waals surface area contributed by atoms with Crippen LogP contribution in [0.2, 0.25) is 0 Å². The first-order valence-electron chi connectivity index (χ1n) is 11.7. The summed E-state index contributed by atoms with van der Waals surface area (Å²) in [5.41, 5.74) is 3.49. The number of nitrogens with one attached hydrogen (secondary N) is 2. The SMILES string of the molecule is CCOc1cc(C(=O)N[C@H](C)c2ccc(F)cc2)cc(-c2cnc(-c3cc4ccccc4cn3)[nH]2)c1. The minimum atomic E-state index is -0.316. The summed E-state index contributed by atoms with van der Waals surface area (Å²) >= 11 is 0. The standard InChI is InChI=1S/C29H25FN4O2/c1-3-36-25-13-22(12-23(14-25)29(35)33-18(2)19-8-10-24(30)11-9-19)27-17-32-28(34-27)26-15-20-6-4-5-7-21(20)16-31-26/h4-18H,3H2,1-2H3,(H,32,34)(H,33,35)/t18-/m1/s1. The number of hydrogen-bond donors (Lipinski definition) is 2. The number of aromatic nitrogens is 3. The molecule has 0 radical (unpaired) electrons. The molecule has 0 aliphatic carbocycles. The monoisotopic (exact) mass is 480 g/mol. The number of hydrogen-bond acceptors (Lipinski definition) is 4. The Labute approximate surface area is 208 Å². The maximum atomic E-state index is 13.3. The van der Waals surface area contributed by atoms with E-state index in [9.17, 15) is 9.18 Å². The molecule has 36 heavy (non-hydrogen) atoms. The van der Waals surface area contributed by atoms with Crippen LogP contribution < -0.4 is 10.1 Å². The van der Waals surface area contributed by atoms with Gasteiger partial charge in [-0.15, -0.1) is 0 Å². The van der Waals surface area contributed by atoms with Crippen LogP contribution in [0.4, 0.5) is 4.39 Å². The number of halogens is 1. The summed E-state index contributed by atoms with van der Waals surface area (Å²) in [6, 6.07) is 21.2. The maximum absolute atomic E-state index is 13.3. The van der Waals surface area contributed by atoms with Gasteiger partial charge in [0, 0.05) is 22.7 Å². The average molecular weight is 481 g/mol. The number of fused-ring (bicyclic) bond motifs is 1. The molecule has 0 bridgehead atoms. The van der Waals surface area contributed by atoms with Crippen LogP contribution in [-0.2, 0) is 0 Å². The van der Waals surface area contributed by atoms with Crippen molar-refractivity contribution in [1.82, 2.24) is 20.3 Å². The number of H-pyrrole nitrogens is 1. The molecule has 5 rings (SSSR count). The van der Waals surface area contributed by atoms with Gasteiger partial charge in [-0.1, -0.05) is 36.4 Å². The van der Waals surface area contributed by atoms with E-state index < -0.39 is 0 Å². The summed E-state index contributed by atoms with van der Waals surface area (Å²) in [4.78, 5) is 25.5. The van der Waals surface area contributed by atoms with Gasteiger partial charge in [0.15, 0.2) is 5.82 Å². The molecule has 1 amide bonds. The van der Waals surface area contributed by atoms with Gasteiger partial charge < -0.3 is 15.0 Å². The fraction of sp³-hybridized carbons (Fsp3) is 0.138. The zero-order valence-electron chi connectivity index (χ0n) is 20.0. The van der Waals surface area contributed by atoms with Crippen LogP contribution in [-0.4, -0.2) is 27.5 Å². The second kappa shape index (κ2) is 10.00. The fourth-order valence-corrected chi connectivity index (χ4v) is 4.06. The van der Waals surface area contributed by atoms with E-state index in [-0.39, 0.29) is 17.8 Å². The first kappa shape index (κ1) is 23.2. The minimum absolute atomic E-state index is 0.259. The lowest BCUT2D eigenvalue weighted by molar-refractivity contribution is 0.0939. The summed E-state index contributed by atoms with van der Waals surface area (Å²) in [5.74, 6) is 0.637. The molecule has 0 unspecified atom stereocenters. The topological polar surface area (TPSA) is 79.9 Å². The van der Waals surface area contributed by atoms with E-state index in [0.717, 1.165) is 33.3 Å². The van der Waals surface area contributed by atoms with Crippen LogP contribution >= 0.6 is 0 Å². The Morgan fingerprint density at radius 1 is 1.00 bits per heavy atom. The number of carbonyl (C=O) groups is 1. The van der Waals surface area contributed by atoms with E-state index in [1.54, 1.807) is 30.5 Å². The molecule has 2 aromatic heterocycles. The summed E-state index contributed by atoms with van der Waals surface area (Å²) < 4.78 is 19.0. The third-order valence-corrected chi connectivity index (χ3v) is 5.96. The van der Waals surface area contributed by atoms with Crippen molar-refractivity contribution in [2.45, 2.75) is 19.9 Å². The number of pyridine rings is 1. The van der Waals surface area contributed by atoms with Crippen LogP contribution in [0.25, 0.3) is 33.5 Å². The highest BCUT2D eigenvalue weighted by atomic mass is 19.1. The number of aromatic amines is 1. The zero-order chi connectivity index (χ0) is 25.1. The smallest absolute Gasteiger partial charge is 0.251 e. The highest BCUT2D eigenvalue weighted by Gasteiger charge is 2.16. The Morgan fingerprint density at radius 3 is 2.56 bits per heavy atom. The van der Waals surface area contributed by atoms with Gasteiger partial charge in [-0.05, 0) is 61.2 Å². The Hall–Kier alpha value is -4.52. The molecule has 0 saturated heterocycles. The van der Waals surface area contributed by atoms with Crippen LogP contribution in [0.3, 0.4) is 0 Å². The first-order chi connectivity index (χ1) is 17.5. The quantitative estimate of drug-likeness (QED) is 0.286. The molecule has 0 fully saturated rings. The minimum Gasteiger partial charge on any atom is -0.494 e. The first-order valence-corrected chi connectivity index (χ1v) is 11.7. The van der Waals surface area contributed by atoms with Gasteiger partial charge in [-0.25, -0.2) is 9.37 Å². The molecule has 2 N–H and O–H groups in total. The Morgan fingerprint density at radius 2 is 1.78 bits per heavy atom. The number of nitrogens with zero attached hydrogens (tertiary/aromatic N) is 2. The fourth-order valence-electron chi connectivity index (χ4n) is 4.06. The van der Waals surface area contributed by atoms with Crippen molar-refractivity contribution in [3.63, 3.8) is 0 Å². The molecule has 0 spiro atoms. The summed E-state index contributed by atoms with van der Waals surface area (Å²) in [6.07, 6.45) is 3.55. The molecular weight excluding hydrogens is 455 g/mol. The van der Waals surface area contributed by atoms with Crippen molar-refractivity contribution in [3.05, 3.63) is 102 Å². The van der Waals surface area contributed by atoms with Gasteiger partial charge in [-0.3, -0.25) is 9.78 Å². The molecular formula is C29H25FN4O2. The van der Waals surface area contributed by atoms with Gasteiger partial charge in [0.05, 0.1) is 24.5 Å². The molecule has 2 heterocycles.